The number of fused-ring (bicyclic) bond motifs is 12. The quantitative estimate of drug-likeness (QED) is 0.189. The molecule has 0 N–H and O–H groups in total. The summed E-state index contributed by atoms with van der Waals surface area (Å²) in [6.07, 6.45) is 18.8. The lowest BCUT2D eigenvalue weighted by atomic mass is 9.70. The highest BCUT2D eigenvalue weighted by Gasteiger charge is 2.54. The summed E-state index contributed by atoms with van der Waals surface area (Å²) in [5.41, 5.74) is 14.0. The number of ether oxygens (including phenoxy) is 3. The molecule has 6 aliphatic rings. The van der Waals surface area contributed by atoms with Crippen molar-refractivity contribution in [3.63, 3.8) is 0 Å². The van der Waals surface area contributed by atoms with Crippen LogP contribution in [0.1, 0.15) is 47.6 Å². The van der Waals surface area contributed by atoms with Crippen LogP contribution in [0.2, 0.25) is 0 Å². The van der Waals surface area contributed by atoms with Crippen molar-refractivity contribution < 1.29 is 14.2 Å². The van der Waals surface area contributed by atoms with E-state index < -0.39 is 11.5 Å². The fourth-order valence-corrected chi connectivity index (χ4v) is 9.80. The first kappa shape index (κ1) is 30.4. The molecule has 1 spiro atoms. The Morgan fingerprint density at radius 2 is 1.28 bits per heavy atom. The number of hydrogen-bond acceptors (Lipinski definition) is 4. The molecule has 0 amide bonds. The molecule has 53 heavy (non-hydrogen) atoms. The Balaban J connectivity index is 1.05. The summed E-state index contributed by atoms with van der Waals surface area (Å²) in [7, 11) is 0. The van der Waals surface area contributed by atoms with Gasteiger partial charge in [0.05, 0.1) is 11.1 Å². The predicted molar refractivity (Wildman–Crippen MR) is 212 cm³/mol. The highest BCUT2D eigenvalue weighted by atomic mass is 16.6. The molecule has 4 nitrogen and oxygen atoms in total. The molecule has 2 heterocycles. The van der Waals surface area contributed by atoms with Crippen LogP contribution < -0.4 is 19.1 Å². The molecular weight excluding hydrogens is 651 g/mol. The Bertz CT molecular complexity index is 2550. The van der Waals surface area contributed by atoms with Crippen molar-refractivity contribution in [2.45, 2.75) is 43.5 Å². The van der Waals surface area contributed by atoms with Crippen LogP contribution in [-0.4, -0.2) is 18.3 Å². The van der Waals surface area contributed by atoms with E-state index in [1.54, 1.807) is 0 Å². The van der Waals surface area contributed by atoms with Gasteiger partial charge in [0.2, 0.25) is 0 Å². The van der Waals surface area contributed by atoms with Crippen molar-refractivity contribution in [3.8, 4) is 28.4 Å². The van der Waals surface area contributed by atoms with Gasteiger partial charge in [-0.1, -0.05) is 109 Å². The van der Waals surface area contributed by atoms with E-state index in [2.05, 4.69) is 183 Å². The lowest BCUT2D eigenvalue weighted by Gasteiger charge is -2.40. The molecule has 4 heteroatoms. The zero-order valence-corrected chi connectivity index (χ0v) is 29.6. The standard InChI is InChI=1S/C49H37NO3/c1-3-32-33-17-8-11-20-39(33)49(38(32)4-2)40-21-12-9-18-34(40)37-28-46-47(29-41(37)49)53-48-42(22-14-24-44(48)52-46)50(30-15-6-5-7-16-30)31-25-26-36-35-19-10-13-23-43(35)51-45(36)27-31/h3-29,35,43-44,48H,1-2H3/b32-3-,38-4+. The monoisotopic (exact) mass is 687 g/mol. The van der Waals surface area contributed by atoms with E-state index in [4.69, 9.17) is 14.2 Å². The smallest absolute Gasteiger partial charge is 0.179 e. The maximum Gasteiger partial charge on any atom is 0.179 e. The van der Waals surface area contributed by atoms with E-state index in [9.17, 15) is 0 Å². The molecule has 0 saturated heterocycles. The van der Waals surface area contributed by atoms with Crippen LogP contribution in [0.15, 0.2) is 175 Å². The van der Waals surface area contributed by atoms with Gasteiger partial charge in [-0.2, -0.15) is 0 Å². The lowest BCUT2D eigenvalue weighted by Crippen LogP contribution is -2.45. The van der Waals surface area contributed by atoms with Gasteiger partial charge in [0.15, 0.2) is 23.7 Å². The number of anilines is 2. The number of nitrogens with zero attached hydrogens (tertiary/aromatic N) is 1. The molecule has 5 aromatic carbocycles. The maximum atomic E-state index is 7.21. The highest BCUT2D eigenvalue weighted by molar-refractivity contribution is 6.00. The number of hydrogen-bond donors (Lipinski definition) is 0. The molecule has 256 valence electrons. The normalized spacial score (nSPS) is 26.0. The van der Waals surface area contributed by atoms with E-state index >= 15 is 0 Å². The summed E-state index contributed by atoms with van der Waals surface area (Å²) in [5.74, 6) is 2.68. The second-order valence-electron chi connectivity index (χ2n) is 14.5. The summed E-state index contributed by atoms with van der Waals surface area (Å²) >= 11 is 0. The van der Waals surface area contributed by atoms with Crippen LogP contribution >= 0.6 is 0 Å². The van der Waals surface area contributed by atoms with E-state index in [0.717, 1.165) is 34.3 Å². The van der Waals surface area contributed by atoms with Crippen LogP contribution in [0.5, 0.6) is 17.2 Å². The van der Waals surface area contributed by atoms with Crippen molar-refractivity contribution >= 4 is 16.9 Å². The van der Waals surface area contributed by atoms with Crippen LogP contribution in [0, 0.1) is 0 Å². The maximum absolute atomic E-state index is 7.21. The molecule has 0 saturated carbocycles. The Hall–Kier alpha value is -6.26. The SMILES string of the molecule is C/C=C1\C(=C/C)C2(c3ccccc31)c1ccccc1-c1cc3c(cc12)OC1C(N(c2ccccc2)c2ccc4c(c2)OC2C=CC=CC42)=CC=CC1O3. The van der Waals surface area contributed by atoms with Gasteiger partial charge in [-0.15, -0.1) is 0 Å². The molecule has 4 aliphatic carbocycles. The van der Waals surface area contributed by atoms with Gasteiger partial charge in [0.25, 0.3) is 0 Å². The van der Waals surface area contributed by atoms with E-state index in [1.807, 2.05) is 0 Å². The summed E-state index contributed by atoms with van der Waals surface area (Å²) in [6.45, 7) is 4.32. The van der Waals surface area contributed by atoms with E-state index in [1.165, 1.54) is 50.1 Å². The first-order chi connectivity index (χ1) is 26.2. The Kier molecular flexibility index (Phi) is 6.52. The number of allylic oxidation sites excluding steroid dienone is 8. The van der Waals surface area contributed by atoms with Crippen LogP contribution in [-0.2, 0) is 5.41 Å². The third kappa shape index (κ3) is 4.12. The Morgan fingerprint density at radius 1 is 0.566 bits per heavy atom. The average molecular weight is 688 g/mol. The Morgan fingerprint density at radius 3 is 2.11 bits per heavy atom. The average Bonchev–Trinajstić information content (AvgIpc) is 3.82. The van der Waals surface area contributed by atoms with Crippen molar-refractivity contribution in [2.24, 2.45) is 0 Å². The van der Waals surface area contributed by atoms with Gasteiger partial charge in [0, 0.05) is 28.9 Å². The summed E-state index contributed by atoms with van der Waals surface area (Å²) in [6, 6.07) is 39.4. The molecule has 5 atom stereocenters. The zero-order chi connectivity index (χ0) is 35.3. The van der Waals surface area contributed by atoms with Gasteiger partial charge in [0.1, 0.15) is 11.9 Å². The second-order valence-corrected chi connectivity index (χ2v) is 14.5. The number of benzene rings is 5. The third-order valence-electron chi connectivity index (χ3n) is 11.9. The largest absolute Gasteiger partial charge is 0.485 e. The van der Waals surface area contributed by atoms with E-state index in [-0.39, 0.29) is 18.1 Å². The first-order valence-electron chi connectivity index (χ1n) is 18.6. The molecule has 0 bridgehead atoms. The van der Waals surface area contributed by atoms with Crippen LogP contribution in [0.4, 0.5) is 11.4 Å². The summed E-state index contributed by atoms with van der Waals surface area (Å²) in [4.78, 5) is 2.29. The molecule has 5 unspecified atom stereocenters. The van der Waals surface area contributed by atoms with Gasteiger partial charge in [-0.3, -0.25) is 0 Å². The minimum Gasteiger partial charge on any atom is -0.485 e. The van der Waals surface area contributed by atoms with Crippen molar-refractivity contribution in [1.82, 2.24) is 0 Å². The minimum atomic E-state index is -0.457. The van der Waals surface area contributed by atoms with Crippen molar-refractivity contribution in [2.75, 3.05) is 4.90 Å². The van der Waals surface area contributed by atoms with Crippen LogP contribution in [0.25, 0.3) is 16.7 Å². The minimum absolute atomic E-state index is 0.0261. The van der Waals surface area contributed by atoms with Crippen molar-refractivity contribution in [3.05, 3.63) is 203 Å². The van der Waals surface area contributed by atoms with Crippen LogP contribution in [0.3, 0.4) is 0 Å². The van der Waals surface area contributed by atoms with Gasteiger partial charge >= 0.3 is 0 Å². The fraction of sp³-hybridized carbons (Fsp3) is 0.143. The zero-order valence-electron chi connectivity index (χ0n) is 29.6. The molecule has 0 radical (unpaired) electrons. The second kappa shape index (κ2) is 11.4. The third-order valence-corrected chi connectivity index (χ3v) is 11.9. The van der Waals surface area contributed by atoms with Crippen molar-refractivity contribution in [1.29, 1.82) is 0 Å². The molecule has 0 fully saturated rings. The number of para-hydroxylation sites is 1. The summed E-state index contributed by atoms with van der Waals surface area (Å²) < 4.78 is 20.6. The highest BCUT2D eigenvalue weighted by Crippen LogP contribution is 2.65. The molecule has 2 aliphatic heterocycles. The molecule has 11 rings (SSSR count). The predicted octanol–water partition coefficient (Wildman–Crippen LogP) is 11.1. The molecular formula is C49H37NO3. The van der Waals surface area contributed by atoms with Gasteiger partial charge in [-0.05, 0) is 107 Å². The fourth-order valence-electron chi connectivity index (χ4n) is 9.80. The number of rotatable bonds is 3. The molecule has 0 aromatic heterocycles. The van der Waals surface area contributed by atoms with Gasteiger partial charge < -0.3 is 19.1 Å². The van der Waals surface area contributed by atoms with Gasteiger partial charge in [-0.25, -0.2) is 0 Å². The Labute approximate surface area is 310 Å². The lowest BCUT2D eigenvalue weighted by molar-refractivity contribution is 0.0675. The topological polar surface area (TPSA) is 30.9 Å². The van der Waals surface area contributed by atoms with E-state index in [0.29, 0.717) is 0 Å². The first-order valence-corrected chi connectivity index (χ1v) is 18.6. The molecule has 5 aromatic rings. The summed E-state index contributed by atoms with van der Waals surface area (Å²) in [5, 5.41) is 0.